The molecule has 0 radical (unpaired) electrons. The molecule has 2 atom stereocenters. The van der Waals surface area contributed by atoms with Crippen molar-refractivity contribution in [1.29, 1.82) is 0 Å². The molecule has 2 unspecified atom stereocenters. The summed E-state index contributed by atoms with van der Waals surface area (Å²) in [7, 11) is 0. The van der Waals surface area contributed by atoms with E-state index in [-0.39, 0.29) is 6.10 Å². The molecule has 118 valence electrons. The van der Waals surface area contributed by atoms with Crippen molar-refractivity contribution in [1.82, 2.24) is 9.80 Å². The Morgan fingerprint density at radius 3 is 1.50 bits per heavy atom. The predicted molar refractivity (Wildman–Crippen MR) is 78.9 cm³/mol. The summed E-state index contributed by atoms with van der Waals surface area (Å²) in [5, 5.41) is 10.4. The van der Waals surface area contributed by atoms with Crippen LogP contribution in [-0.4, -0.2) is 84.7 Å². The molecule has 5 heteroatoms. The average molecular weight is 286 g/mol. The Hall–Kier alpha value is -0.200. The van der Waals surface area contributed by atoms with E-state index in [4.69, 9.17) is 9.47 Å². The van der Waals surface area contributed by atoms with Gasteiger partial charge in [0.25, 0.3) is 0 Å². The molecule has 0 aromatic heterocycles. The van der Waals surface area contributed by atoms with Crippen LogP contribution in [0, 0.1) is 0 Å². The van der Waals surface area contributed by atoms with Crippen molar-refractivity contribution < 1.29 is 14.6 Å². The Morgan fingerprint density at radius 2 is 1.25 bits per heavy atom. The number of aliphatic hydroxyl groups excluding tert-OH is 1. The Bertz CT molecular complexity index is 263. The second kappa shape index (κ2) is 7.18. The molecule has 2 rings (SSSR count). The van der Waals surface area contributed by atoms with E-state index in [0.717, 1.165) is 26.3 Å². The minimum atomic E-state index is -0.322. The Labute approximate surface area is 122 Å². The Balaban J connectivity index is 1.76. The second-order valence-electron chi connectivity index (χ2n) is 6.66. The van der Waals surface area contributed by atoms with Crippen molar-refractivity contribution >= 4 is 0 Å². The molecule has 0 aromatic rings. The summed E-state index contributed by atoms with van der Waals surface area (Å²) in [6, 6.07) is 0.876. The van der Waals surface area contributed by atoms with E-state index in [2.05, 4.69) is 37.5 Å². The fourth-order valence-electron chi connectivity index (χ4n) is 2.46. The third-order valence-corrected chi connectivity index (χ3v) is 4.03. The lowest BCUT2D eigenvalue weighted by atomic mass is 10.2. The van der Waals surface area contributed by atoms with Gasteiger partial charge in [-0.05, 0) is 27.7 Å². The van der Waals surface area contributed by atoms with Gasteiger partial charge < -0.3 is 14.6 Å². The molecule has 0 amide bonds. The number of rotatable bonds is 10. The van der Waals surface area contributed by atoms with E-state index in [9.17, 15) is 5.11 Å². The van der Waals surface area contributed by atoms with Crippen LogP contribution >= 0.6 is 0 Å². The van der Waals surface area contributed by atoms with E-state index >= 15 is 0 Å². The van der Waals surface area contributed by atoms with Gasteiger partial charge in [0.2, 0.25) is 0 Å². The number of epoxide rings is 2. The summed E-state index contributed by atoms with van der Waals surface area (Å²) in [6.07, 6.45) is 0.439. The molecule has 2 aliphatic rings. The molecular weight excluding hydrogens is 256 g/mol. The molecule has 0 aromatic carbocycles. The minimum absolute atomic E-state index is 0.322. The highest BCUT2D eigenvalue weighted by atomic mass is 16.6. The zero-order valence-electron chi connectivity index (χ0n) is 13.3. The second-order valence-corrected chi connectivity index (χ2v) is 6.66. The van der Waals surface area contributed by atoms with Crippen LogP contribution in [0.1, 0.15) is 27.7 Å². The normalized spacial score (nSPS) is 26.9. The van der Waals surface area contributed by atoms with Crippen LogP contribution in [0.2, 0.25) is 0 Å². The van der Waals surface area contributed by atoms with Gasteiger partial charge in [0, 0.05) is 38.3 Å². The van der Waals surface area contributed by atoms with Gasteiger partial charge >= 0.3 is 0 Å². The standard InChI is InChI=1S/C15H30N2O3/c1-11(2)16(7-14-9-19-14)5-13(18)6-17(12(3)4)8-15-10-20-15/h11-15,18H,5-10H2,1-4H3. The van der Waals surface area contributed by atoms with E-state index in [1.807, 2.05) is 0 Å². The van der Waals surface area contributed by atoms with Crippen molar-refractivity contribution in [2.75, 3.05) is 39.4 Å². The molecule has 5 nitrogen and oxygen atoms in total. The van der Waals surface area contributed by atoms with Crippen LogP contribution in [0.15, 0.2) is 0 Å². The van der Waals surface area contributed by atoms with E-state index in [0.29, 0.717) is 37.4 Å². The number of hydrogen-bond acceptors (Lipinski definition) is 5. The van der Waals surface area contributed by atoms with Gasteiger partial charge in [0.05, 0.1) is 31.5 Å². The Morgan fingerprint density at radius 1 is 0.900 bits per heavy atom. The lowest BCUT2D eigenvalue weighted by Gasteiger charge is -2.32. The van der Waals surface area contributed by atoms with Crippen LogP contribution in [0.5, 0.6) is 0 Å². The van der Waals surface area contributed by atoms with E-state index < -0.39 is 0 Å². The molecular formula is C15H30N2O3. The molecule has 2 aliphatic heterocycles. The lowest BCUT2D eigenvalue weighted by molar-refractivity contribution is 0.0484. The molecule has 0 spiro atoms. The fraction of sp³-hybridized carbons (Fsp3) is 1.00. The van der Waals surface area contributed by atoms with Gasteiger partial charge in [0.1, 0.15) is 0 Å². The van der Waals surface area contributed by atoms with E-state index in [1.54, 1.807) is 0 Å². The molecule has 0 bridgehead atoms. The highest BCUT2D eigenvalue weighted by Gasteiger charge is 2.30. The number of aliphatic hydroxyl groups is 1. The fourth-order valence-corrected chi connectivity index (χ4v) is 2.46. The topological polar surface area (TPSA) is 51.8 Å². The van der Waals surface area contributed by atoms with Crippen LogP contribution in [0.4, 0.5) is 0 Å². The molecule has 0 saturated carbocycles. The summed E-state index contributed by atoms with van der Waals surface area (Å²) in [4.78, 5) is 4.63. The maximum absolute atomic E-state index is 10.4. The third-order valence-electron chi connectivity index (χ3n) is 4.03. The first-order chi connectivity index (χ1) is 9.45. The van der Waals surface area contributed by atoms with Gasteiger partial charge in [-0.2, -0.15) is 0 Å². The van der Waals surface area contributed by atoms with Crippen LogP contribution in [-0.2, 0) is 9.47 Å². The Kier molecular flexibility index (Phi) is 5.81. The average Bonchev–Trinajstić information content (AvgIpc) is 3.22. The van der Waals surface area contributed by atoms with Crippen molar-refractivity contribution in [2.45, 2.75) is 58.1 Å². The number of nitrogens with zero attached hydrogens (tertiary/aromatic N) is 2. The number of ether oxygens (including phenoxy) is 2. The van der Waals surface area contributed by atoms with Crippen LogP contribution in [0.3, 0.4) is 0 Å². The highest BCUT2D eigenvalue weighted by Crippen LogP contribution is 2.15. The summed E-state index contributed by atoms with van der Waals surface area (Å²) >= 11 is 0. The summed E-state index contributed by atoms with van der Waals surface area (Å²) < 4.78 is 10.6. The van der Waals surface area contributed by atoms with Gasteiger partial charge in [-0.1, -0.05) is 0 Å². The van der Waals surface area contributed by atoms with Crippen molar-refractivity contribution in [2.24, 2.45) is 0 Å². The first-order valence-electron chi connectivity index (χ1n) is 7.85. The van der Waals surface area contributed by atoms with Gasteiger partial charge in [0.15, 0.2) is 0 Å². The first-order valence-corrected chi connectivity index (χ1v) is 7.85. The highest BCUT2D eigenvalue weighted by molar-refractivity contribution is 4.82. The predicted octanol–water partition coefficient (Wildman–Crippen LogP) is 0.566. The molecule has 1 N–H and O–H groups in total. The molecule has 2 fully saturated rings. The zero-order valence-corrected chi connectivity index (χ0v) is 13.3. The third kappa shape index (κ3) is 5.66. The largest absolute Gasteiger partial charge is 0.390 e. The maximum atomic E-state index is 10.4. The van der Waals surface area contributed by atoms with Crippen molar-refractivity contribution in [3.8, 4) is 0 Å². The number of hydrogen-bond donors (Lipinski definition) is 1. The lowest BCUT2D eigenvalue weighted by Crippen LogP contribution is -2.46. The first kappa shape index (κ1) is 16.2. The maximum Gasteiger partial charge on any atom is 0.0936 e. The smallest absolute Gasteiger partial charge is 0.0936 e. The molecule has 2 heterocycles. The van der Waals surface area contributed by atoms with Gasteiger partial charge in [-0.3, -0.25) is 9.80 Å². The monoisotopic (exact) mass is 286 g/mol. The van der Waals surface area contributed by atoms with Crippen molar-refractivity contribution in [3.05, 3.63) is 0 Å². The van der Waals surface area contributed by atoms with Gasteiger partial charge in [-0.25, -0.2) is 0 Å². The zero-order chi connectivity index (χ0) is 14.7. The van der Waals surface area contributed by atoms with E-state index in [1.165, 1.54) is 0 Å². The SMILES string of the molecule is CC(C)N(CC(O)CN(CC1CO1)C(C)C)CC1CO1. The summed E-state index contributed by atoms with van der Waals surface area (Å²) in [5.41, 5.74) is 0. The minimum Gasteiger partial charge on any atom is -0.390 e. The quantitative estimate of drug-likeness (QED) is 0.595. The van der Waals surface area contributed by atoms with Gasteiger partial charge in [-0.15, -0.1) is 0 Å². The van der Waals surface area contributed by atoms with Crippen LogP contribution < -0.4 is 0 Å². The molecule has 2 saturated heterocycles. The summed E-state index contributed by atoms with van der Waals surface area (Å²) in [5.74, 6) is 0. The molecule has 20 heavy (non-hydrogen) atoms. The molecule has 0 aliphatic carbocycles. The van der Waals surface area contributed by atoms with Crippen molar-refractivity contribution in [3.63, 3.8) is 0 Å². The summed E-state index contributed by atoms with van der Waals surface area (Å²) in [6.45, 7) is 13.7. The van der Waals surface area contributed by atoms with Crippen LogP contribution in [0.25, 0.3) is 0 Å².